The summed E-state index contributed by atoms with van der Waals surface area (Å²) in [5, 5.41) is 10.6. The van der Waals surface area contributed by atoms with Gasteiger partial charge in [0.1, 0.15) is 23.9 Å². The van der Waals surface area contributed by atoms with Crippen molar-refractivity contribution < 1.29 is 9.53 Å². The summed E-state index contributed by atoms with van der Waals surface area (Å²) in [7, 11) is 5.59. The van der Waals surface area contributed by atoms with E-state index in [2.05, 4.69) is 26.0 Å². The first kappa shape index (κ1) is 20.4. The number of benzene rings is 1. The molecule has 1 saturated carbocycles. The lowest BCUT2D eigenvalue weighted by Crippen LogP contribution is -2.56. The van der Waals surface area contributed by atoms with Gasteiger partial charge in [0.2, 0.25) is 5.91 Å². The highest BCUT2D eigenvalue weighted by molar-refractivity contribution is 5.84. The molecule has 10 nitrogen and oxygen atoms in total. The summed E-state index contributed by atoms with van der Waals surface area (Å²) in [6, 6.07) is 5.95. The summed E-state index contributed by atoms with van der Waals surface area (Å²) in [4.78, 5) is 21.6. The number of amides is 1. The van der Waals surface area contributed by atoms with Crippen LogP contribution >= 0.6 is 0 Å². The van der Waals surface area contributed by atoms with E-state index in [0.717, 1.165) is 29.8 Å². The fourth-order valence-corrected chi connectivity index (χ4v) is 4.11. The number of carbonyl (C=O) groups is 1. The average molecular weight is 437 g/mol. The predicted octanol–water partition coefficient (Wildman–Crippen LogP) is 1.96. The van der Waals surface area contributed by atoms with Gasteiger partial charge in [-0.25, -0.2) is 14.7 Å². The molecule has 0 spiro atoms. The van der Waals surface area contributed by atoms with E-state index in [1.54, 1.807) is 19.6 Å². The molecule has 10 heteroatoms. The second-order valence-corrected chi connectivity index (χ2v) is 8.60. The van der Waals surface area contributed by atoms with E-state index in [0.29, 0.717) is 11.6 Å². The Kier molecular flexibility index (Phi) is 4.81. The van der Waals surface area contributed by atoms with E-state index < -0.39 is 5.66 Å². The number of imidazole rings is 1. The van der Waals surface area contributed by atoms with Crippen molar-refractivity contribution in [3.05, 3.63) is 48.1 Å². The molecule has 2 aliphatic heterocycles. The van der Waals surface area contributed by atoms with Crippen LogP contribution in [0.2, 0.25) is 0 Å². The molecule has 2 atom stereocenters. The van der Waals surface area contributed by atoms with Crippen molar-refractivity contribution >= 4 is 23.6 Å². The van der Waals surface area contributed by atoms with Crippen LogP contribution in [0.4, 0.5) is 5.69 Å². The van der Waals surface area contributed by atoms with Crippen LogP contribution in [0.1, 0.15) is 37.3 Å². The molecule has 3 heterocycles. The number of para-hydroxylation sites is 1. The molecular formula is C22H28N8O2. The van der Waals surface area contributed by atoms with Crippen LogP contribution < -0.4 is 20.8 Å². The van der Waals surface area contributed by atoms with Crippen molar-refractivity contribution in [2.24, 2.45) is 10.9 Å². The lowest BCUT2D eigenvalue weighted by atomic mass is 10.1. The Hall–Kier alpha value is -3.53. The third-order valence-corrected chi connectivity index (χ3v) is 6.02. The van der Waals surface area contributed by atoms with Gasteiger partial charge in [-0.3, -0.25) is 15.2 Å². The second kappa shape index (κ2) is 7.56. The molecule has 5 rings (SSSR count). The number of hydrogen-bond donors (Lipinski definition) is 3. The molecule has 1 fully saturated rings. The molecule has 3 aliphatic rings. The van der Waals surface area contributed by atoms with Gasteiger partial charge in [0.25, 0.3) is 0 Å². The molecule has 0 saturated heterocycles. The van der Waals surface area contributed by atoms with Gasteiger partial charge in [0.15, 0.2) is 5.82 Å². The van der Waals surface area contributed by atoms with Crippen LogP contribution in [0, 0.1) is 5.92 Å². The zero-order chi connectivity index (χ0) is 22.5. The molecule has 1 aromatic carbocycles. The molecule has 0 radical (unpaired) electrons. The van der Waals surface area contributed by atoms with Crippen LogP contribution in [-0.4, -0.2) is 58.8 Å². The quantitative estimate of drug-likeness (QED) is 0.637. The van der Waals surface area contributed by atoms with Gasteiger partial charge in [-0.1, -0.05) is 12.1 Å². The van der Waals surface area contributed by atoms with E-state index in [1.807, 2.05) is 66.2 Å². The highest BCUT2D eigenvalue weighted by Gasteiger charge is 2.37. The Bertz CT molecular complexity index is 1110. The number of anilines is 1. The van der Waals surface area contributed by atoms with E-state index in [1.165, 1.54) is 0 Å². The Morgan fingerprint density at radius 1 is 1.31 bits per heavy atom. The number of ether oxygens (including phenoxy) is 1. The summed E-state index contributed by atoms with van der Waals surface area (Å²) in [5.74, 6) is 1.59. The van der Waals surface area contributed by atoms with Gasteiger partial charge in [0.05, 0.1) is 18.5 Å². The maximum absolute atomic E-state index is 12.5. The molecule has 3 N–H and O–H groups in total. The van der Waals surface area contributed by atoms with Crippen LogP contribution in [0.3, 0.4) is 0 Å². The van der Waals surface area contributed by atoms with Crippen molar-refractivity contribution in [3.63, 3.8) is 0 Å². The van der Waals surface area contributed by atoms with Gasteiger partial charge < -0.3 is 15.4 Å². The minimum Gasteiger partial charge on any atom is -0.494 e. The standard InChI is InChI=1S/C22H28N8O2/c1-22(26-21(31)14-8-9-14)12-17(20-23-10-11-30(20)27-22)25-16-7-5-6-15(18(16)32-4)19-24-13-28(2)29(19)3/h5-7,10-14,19,25,27H,8-9H2,1-4H3,(H,26,31). The number of fused-ring (bicyclic) bond motifs is 1. The van der Waals surface area contributed by atoms with E-state index in [-0.39, 0.29) is 18.0 Å². The average Bonchev–Trinajstić information content (AvgIpc) is 3.43. The number of methoxy groups -OCH3 is 1. The van der Waals surface area contributed by atoms with Crippen molar-refractivity contribution in [1.82, 2.24) is 25.0 Å². The smallest absolute Gasteiger partial charge is 0.225 e. The van der Waals surface area contributed by atoms with Crippen molar-refractivity contribution in [3.8, 4) is 5.75 Å². The first-order valence-electron chi connectivity index (χ1n) is 10.7. The number of hydrazine groups is 1. The number of aromatic nitrogens is 2. The highest BCUT2D eigenvalue weighted by Crippen LogP contribution is 2.39. The van der Waals surface area contributed by atoms with Gasteiger partial charge >= 0.3 is 0 Å². The molecule has 1 aliphatic carbocycles. The summed E-state index contributed by atoms with van der Waals surface area (Å²) >= 11 is 0. The maximum Gasteiger partial charge on any atom is 0.225 e. The Labute approximate surface area is 186 Å². The van der Waals surface area contributed by atoms with Crippen LogP contribution in [0.25, 0.3) is 5.70 Å². The van der Waals surface area contributed by atoms with Crippen molar-refractivity contribution in [1.29, 1.82) is 0 Å². The summed E-state index contributed by atoms with van der Waals surface area (Å²) in [5.41, 5.74) is 5.06. The van der Waals surface area contributed by atoms with E-state index >= 15 is 0 Å². The van der Waals surface area contributed by atoms with Crippen LogP contribution in [-0.2, 0) is 4.79 Å². The largest absolute Gasteiger partial charge is 0.494 e. The number of nitrogens with zero attached hydrogens (tertiary/aromatic N) is 5. The normalized spacial score (nSPS) is 24.6. The third-order valence-electron chi connectivity index (χ3n) is 6.02. The van der Waals surface area contributed by atoms with Crippen LogP contribution in [0.5, 0.6) is 5.75 Å². The Morgan fingerprint density at radius 2 is 2.12 bits per heavy atom. The van der Waals surface area contributed by atoms with Crippen molar-refractivity contribution in [2.75, 3.05) is 31.9 Å². The number of rotatable bonds is 6. The monoisotopic (exact) mass is 436 g/mol. The van der Waals surface area contributed by atoms with Crippen LogP contribution in [0.15, 0.2) is 41.7 Å². The highest BCUT2D eigenvalue weighted by atomic mass is 16.5. The fraction of sp³-hybridized carbons (Fsp3) is 0.409. The third kappa shape index (κ3) is 3.56. The van der Waals surface area contributed by atoms with Gasteiger partial charge in [-0.05, 0) is 31.9 Å². The summed E-state index contributed by atoms with van der Waals surface area (Å²) in [6.45, 7) is 1.93. The molecule has 1 aromatic heterocycles. The number of hydrogen-bond acceptors (Lipinski definition) is 8. The zero-order valence-corrected chi connectivity index (χ0v) is 18.7. The van der Waals surface area contributed by atoms with E-state index in [4.69, 9.17) is 4.74 Å². The molecule has 32 heavy (non-hydrogen) atoms. The number of nitrogens with one attached hydrogen (secondary N) is 3. The Morgan fingerprint density at radius 3 is 2.81 bits per heavy atom. The first-order chi connectivity index (χ1) is 15.4. The lowest BCUT2D eigenvalue weighted by molar-refractivity contribution is -0.123. The zero-order valence-electron chi connectivity index (χ0n) is 18.7. The molecule has 2 unspecified atom stereocenters. The summed E-state index contributed by atoms with van der Waals surface area (Å²) in [6.07, 6.45) is 9.02. The minimum atomic E-state index is -0.765. The van der Waals surface area contributed by atoms with Gasteiger partial charge in [0, 0.05) is 38.0 Å². The topological polar surface area (TPSA) is 99.0 Å². The van der Waals surface area contributed by atoms with E-state index in [9.17, 15) is 4.79 Å². The Balaban J connectivity index is 1.48. The molecule has 168 valence electrons. The van der Waals surface area contributed by atoms with Gasteiger partial charge in [-0.2, -0.15) is 5.01 Å². The number of carbonyl (C=O) groups excluding carboxylic acids is 1. The van der Waals surface area contributed by atoms with Crippen molar-refractivity contribution in [2.45, 2.75) is 31.6 Å². The lowest BCUT2D eigenvalue weighted by Gasteiger charge is -2.35. The summed E-state index contributed by atoms with van der Waals surface area (Å²) < 4.78 is 7.63. The SMILES string of the molecule is COc1c(NC2=CC(C)(NC(=O)C3CC3)Nn3ccnc32)cccc1C1N=CN(C)N1C. The first-order valence-corrected chi connectivity index (χ1v) is 10.7. The molecule has 0 bridgehead atoms. The maximum atomic E-state index is 12.5. The van der Waals surface area contributed by atoms with Gasteiger partial charge in [-0.15, -0.1) is 0 Å². The molecule has 1 amide bonds. The second-order valence-electron chi connectivity index (χ2n) is 8.60. The predicted molar refractivity (Wildman–Crippen MR) is 122 cm³/mol. The molecule has 2 aromatic rings. The fourth-order valence-electron chi connectivity index (χ4n) is 4.11. The molecular weight excluding hydrogens is 408 g/mol. The number of aliphatic imine (C=N–C) groups is 1. The minimum absolute atomic E-state index is 0.0602.